The molecule has 1 aromatic rings. The van der Waals surface area contributed by atoms with Crippen LogP contribution in [0.3, 0.4) is 0 Å². The summed E-state index contributed by atoms with van der Waals surface area (Å²) in [5, 5.41) is 24.0. The summed E-state index contributed by atoms with van der Waals surface area (Å²) in [6.45, 7) is 8.53. The molecule has 2 aliphatic heterocycles. The number of Topliss-reactive ketones (excluding diaryl/α,β-unsaturated/α-hetero) is 2. The van der Waals surface area contributed by atoms with Crippen LogP contribution in [0.15, 0.2) is 34.7 Å². The van der Waals surface area contributed by atoms with Gasteiger partial charge in [0.15, 0.2) is 23.0 Å². The van der Waals surface area contributed by atoms with Crippen LogP contribution in [0, 0.1) is 34.5 Å². The summed E-state index contributed by atoms with van der Waals surface area (Å²) in [5.41, 5.74) is -3.41. The third-order valence-corrected chi connectivity index (χ3v) is 9.80. The van der Waals surface area contributed by atoms with Crippen molar-refractivity contribution in [2.45, 2.75) is 77.5 Å². The fourth-order valence-corrected chi connectivity index (χ4v) is 7.79. The number of ether oxygens (including phenoxy) is 3. The molecule has 4 aliphatic rings. The van der Waals surface area contributed by atoms with E-state index < -0.39 is 81.6 Å². The van der Waals surface area contributed by atoms with E-state index in [1.165, 1.54) is 26.6 Å². The summed E-state index contributed by atoms with van der Waals surface area (Å²) in [4.78, 5) is 53.1. The first kappa shape index (κ1) is 27.7. The van der Waals surface area contributed by atoms with Crippen LogP contribution in [-0.2, 0) is 33.4 Å². The third kappa shape index (κ3) is 3.86. The van der Waals surface area contributed by atoms with Gasteiger partial charge in [-0.3, -0.25) is 19.2 Å². The van der Waals surface area contributed by atoms with E-state index in [-0.39, 0.29) is 24.8 Å². The van der Waals surface area contributed by atoms with Gasteiger partial charge < -0.3 is 28.8 Å². The van der Waals surface area contributed by atoms with Crippen molar-refractivity contribution < 1.29 is 48.0 Å². The van der Waals surface area contributed by atoms with E-state index >= 15 is 0 Å². The van der Waals surface area contributed by atoms with E-state index in [2.05, 4.69) is 0 Å². The second-order valence-corrected chi connectivity index (χ2v) is 12.6. The Morgan fingerprint density at radius 2 is 1.82 bits per heavy atom. The Labute approximate surface area is 226 Å². The van der Waals surface area contributed by atoms with Gasteiger partial charge in [0.05, 0.1) is 19.6 Å². The van der Waals surface area contributed by atoms with Gasteiger partial charge in [-0.1, -0.05) is 33.8 Å². The second-order valence-electron chi connectivity index (χ2n) is 12.6. The van der Waals surface area contributed by atoms with Gasteiger partial charge in [-0.15, -0.1) is 0 Å². The molecule has 3 fully saturated rings. The van der Waals surface area contributed by atoms with E-state index in [1.54, 1.807) is 19.1 Å². The number of aliphatic hydroxyl groups is 2. The van der Waals surface area contributed by atoms with Gasteiger partial charge in [-0.25, -0.2) is 0 Å². The molecule has 2 aliphatic carbocycles. The topological polar surface area (TPSA) is 150 Å². The number of hydrogen-bond donors (Lipinski definition) is 2. The van der Waals surface area contributed by atoms with Crippen LogP contribution >= 0.6 is 0 Å². The van der Waals surface area contributed by atoms with Crippen molar-refractivity contribution in [1.29, 1.82) is 0 Å². The van der Waals surface area contributed by atoms with Crippen molar-refractivity contribution in [1.82, 2.24) is 0 Å². The number of carbonyl (C=O) groups is 4. The molecule has 10 heteroatoms. The molecule has 9 unspecified atom stereocenters. The summed E-state index contributed by atoms with van der Waals surface area (Å²) in [6.07, 6.45) is 2.38. The van der Waals surface area contributed by atoms with Crippen LogP contribution in [0.1, 0.15) is 65.5 Å². The zero-order valence-electron chi connectivity index (χ0n) is 23.1. The maximum Gasteiger partial charge on any atom is 0.315 e. The number of allylic oxidation sites excluding steroid dienone is 1. The van der Waals surface area contributed by atoms with Crippen LogP contribution in [0.2, 0.25) is 0 Å². The van der Waals surface area contributed by atoms with E-state index in [0.717, 1.165) is 0 Å². The molecule has 1 saturated carbocycles. The molecular formula is C29H36O10. The lowest BCUT2D eigenvalue weighted by Gasteiger charge is -2.64. The summed E-state index contributed by atoms with van der Waals surface area (Å²) in [7, 11) is 1.29. The molecule has 0 aromatic carbocycles. The zero-order chi connectivity index (χ0) is 28.7. The first-order valence-electron chi connectivity index (χ1n) is 13.3. The first-order valence-corrected chi connectivity index (χ1v) is 13.3. The highest BCUT2D eigenvalue weighted by atomic mass is 16.6. The molecule has 9 atom stereocenters. The van der Waals surface area contributed by atoms with Crippen LogP contribution < -0.4 is 0 Å². The van der Waals surface area contributed by atoms with Gasteiger partial charge in [0.25, 0.3) is 0 Å². The van der Waals surface area contributed by atoms with E-state index in [0.29, 0.717) is 5.56 Å². The van der Waals surface area contributed by atoms with Crippen LogP contribution in [0.5, 0.6) is 0 Å². The average Bonchev–Trinajstić information content (AvgIpc) is 3.40. The fourth-order valence-electron chi connectivity index (χ4n) is 7.79. The van der Waals surface area contributed by atoms with Gasteiger partial charge in [0, 0.05) is 41.2 Å². The predicted octanol–water partition coefficient (Wildman–Crippen LogP) is 2.67. The van der Waals surface area contributed by atoms with Crippen molar-refractivity contribution in [3.63, 3.8) is 0 Å². The number of hydrogen-bond acceptors (Lipinski definition) is 10. The second kappa shape index (κ2) is 8.84. The molecule has 0 bridgehead atoms. The van der Waals surface area contributed by atoms with Crippen LogP contribution in [-0.4, -0.2) is 58.3 Å². The number of furan rings is 1. The SMILES string of the molecule is COC(=O)CC1C(C)C(=O)C(C2OC(C)(O)C3C(=O)OC(c4ccoc4)C4(C)CCC(=O)C2(O)C34)=CC1(C)C. The molecule has 39 heavy (non-hydrogen) atoms. The highest BCUT2D eigenvalue weighted by Crippen LogP contribution is 2.65. The molecule has 2 saturated heterocycles. The summed E-state index contributed by atoms with van der Waals surface area (Å²) in [5.74, 6) is -7.97. The van der Waals surface area contributed by atoms with Gasteiger partial charge in [0.2, 0.25) is 0 Å². The molecule has 5 rings (SSSR count). The van der Waals surface area contributed by atoms with Crippen molar-refractivity contribution in [3.05, 3.63) is 35.8 Å². The van der Waals surface area contributed by atoms with Crippen molar-refractivity contribution >= 4 is 23.5 Å². The van der Waals surface area contributed by atoms with Crippen molar-refractivity contribution in [3.8, 4) is 0 Å². The number of esters is 2. The minimum Gasteiger partial charge on any atom is -0.472 e. The number of ketones is 2. The normalized spacial score (nSPS) is 43.3. The fraction of sp³-hybridized carbons (Fsp3) is 0.655. The molecule has 1 aromatic heterocycles. The quantitative estimate of drug-likeness (QED) is 0.542. The Bertz CT molecular complexity index is 1240. The van der Waals surface area contributed by atoms with Crippen LogP contribution in [0.25, 0.3) is 0 Å². The number of cyclic esters (lactones) is 1. The van der Waals surface area contributed by atoms with E-state index in [1.807, 2.05) is 20.8 Å². The Morgan fingerprint density at radius 1 is 1.13 bits per heavy atom. The molecule has 2 N–H and O–H groups in total. The highest BCUT2D eigenvalue weighted by molar-refractivity contribution is 6.02. The van der Waals surface area contributed by atoms with Gasteiger partial charge in [-0.05, 0) is 30.7 Å². The lowest BCUT2D eigenvalue weighted by atomic mass is 9.47. The minimum atomic E-state index is -2.30. The van der Waals surface area contributed by atoms with Gasteiger partial charge in [-0.2, -0.15) is 0 Å². The van der Waals surface area contributed by atoms with Gasteiger partial charge >= 0.3 is 11.9 Å². The lowest BCUT2D eigenvalue weighted by molar-refractivity contribution is -0.355. The van der Waals surface area contributed by atoms with Crippen molar-refractivity contribution in [2.24, 2.45) is 34.5 Å². The Kier molecular flexibility index (Phi) is 6.29. The largest absolute Gasteiger partial charge is 0.472 e. The van der Waals surface area contributed by atoms with Crippen molar-refractivity contribution in [2.75, 3.05) is 7.11 Å². The molecule has 10 nitrogen and oxygen atoms in total. The van der Waals surface area contributed by atoms with E-state index in [9.17, 15) is 29.4 Å². The number of methoxy groups -OCH3 is 1. The van der Waals surface area contributed by atoms with Crippen LogP contribution in [0.4, 0.5) is 0 Å². The molecule has 0 spiro atoms. The third-order valence-electron chi connectivity index (χ3n) is 9.80. The number of carbonyl (C=O) groups excluding carboxylic acids is 4. The molecule has 3 heterocycles. The predicted molar refractivity (Wildman–Crippen MR) is 133 cm³/mol. The van der Waals surface area contributed by atoms with E-state index in [4.69, 9.17) is 18.6 Å². The molecule has 0 amide bonds. The average molecular weight is 545 g/mol. The van der Waals surface area contributed by atoms with Gasteiger partial charge in [0.1, 0.15) is 18.1 Å². The maximum atomic E-state index is 13.9. The summed E-state index contributed by atoms with van der Waals surface area (Å²) in [6, 6.07) is 1.66. The monoisotopic (exact) mass is 544 g/mol. The summed E-state index contributed by atoms with van der Waals surface area (Å²) >= 11 is 0. The molecular weight excluding hydrogens is 508 g/mol. The Morgan fingerprint density at radius 3 is 2.44 bits per heavy atom. The smallest absolute Gasteiger partial charge is 0.315 e. The standard InChI is InChI=1S/C29H36O10/c1-14-17(11-19(31)36-6)26(2,3)12-16(21(14)32)24-29(35)18(30)7-9-27(4)22(29)20(28(5,34)39-24)25(33)38-23(27)15-8-10-37-13-15/h8,10,12-14,17,20,22-24,34-35H,7,9,11H2,1-6H3. The minimum absolute atomic E-state index is 0.00755. The lowest BCUT2D eigenvalue weighted by Crippen LogP contribution is -2.77. The molecule has 212 valence electrons. The number of rotatable bonds is 4. The Hall–Kier alpha value is -2.82. The Balaban J connectivity index is 1.66. The maximum absolute atomic E-state index is 13.9. The zero-order valence-corrected chi connectivity index (χ0v) is 23.1. The summed E-state index contributed by atoms with van der Waals surface area (Å²) < 4.78 is 21.9. The first-order chi connectivity index (χ1) is 18.1. The molecule has 0 radical (unpaired) electrons. The highest BCUT2D eigenvalue weighted by Gasteiger charge is 2.75.